The Morgan fingerprint density at radius 3 is 2.73 bits per heavy atom. The van der Waals surface area contributed by atoms with E-state index < -0.39 is 0 Å². The highest BCUT2D eigenvalue weighted by atomic mass is 16.2. The van der Waals surface area contributed by atoms with Gasteiger partial charge in [0.1, 0.15) is 12.4 Å². The van der Waals surface area contributed by atoms with Crippen molar-refractivity contribution in [3.8, 4) is 0 Å². The number of anilines is 1. The number of carbonyl (C=O) groups is 2. The number of fused-ring (bicyclic) bond motifs is 5. The molecule has 0 spiro atoms. The van der Waals surface area contributed by atoms with Gasteiger partial charge in [0, 0.05) is 33.2 Å². The molecule has 3 saturated heterocycles. The lowest BCUT2D eigenvalue weighted by Gasteiger charge is -2.35. The minimum Gasteiger partial charge on any atom is -0.352 e. The van der Waals surface area contributed by atoms with Crippen LogP contribution in [-0.4, -0.2) is 71.4 Å². The first kappa shape index (κ1) is 16.8. The summed E-state index contributed by atoms with van der Waals surface area (Å²) < 4.78 is 0. The second-order valence-electron chi connectivity index (χ2n) is 7.30. The van der Waals surface area contributed by atoms with Crippen LogP contribution in [0.5, 0.6) is 0 Å². The summed E-state index contributed by atoms with van der Waals surface area (Å²) in [6.45, 7) is 1.48. The number of carbonyl (C=O) groups excluding carboxylic acids is 2. The van der Waals surface area contributed by atoms with E-state index in [1.54, 1.807) is 30.1 Å². The van der Waals surface area contributed by atoms with Gasteiger partial charge in [-0.1, -0.05) is 12.1 Å². The van der Waals surface area contributed by atoms with Gasteiger partial charge in [-0.05, 0) is 25.0 Å². The predicted octanol–water partition coefficient (Wildman–Crippen LogP) is 1.15. The summed E-state index contributed by atoms with van der Waals surface area (Å²) in [7, 11) is 3.44. The van der Waals surface area contributed by atoms with Crippen molar-refractivity contribution in [2.45, 2.75) is 18.9 Å². The minimum atomic E-state index is -0.0861. The standard InChI is InChI=1S/C19H23N5O2/c1-22(2)18(25)12-24-14-8-7-13(19(24)26)10-23(11-14)17-9-20-15-5-3-4-6-16(15)21-17/h3-6,9,13-14H,7-8,10-12H2,1-2H3/t13-,14+/m0/s1. The molecule has 0 saturated carbocycles. The molecule has 2 bridgehead atoms. The maximum Gasteiger partial charge on any atom is 0.241 e. The highest BCUT2D eigenvalue weighted by Gasteiger charge is 2.41. The molecular weight excluding hydrogens is 330 g/mol. The molecule has 7 heteroatoms. The number of piperidine rings is 1. The third-order valence-corrected chi connectivity index (χ3v) is 5.36. The van der Waals surface area contributed by atoms with Gasteiger partial charge in [-0.25, -0.2) is 4.98 Å². The van der Waals surface area contributed by atoms with Crippen LogP contribution in [0, 0.1) is 5.92 Å². The van der Waals surface area contributed by atoms with Crippen molar-refractivity contribution in [2.75, 3.05) is 38.6 Å². The van der Waals surface area contributed by atoms with Gasteiger partial charge in [0.15, 0.2) is 0 Å². The first-order valence-corrected chi connectivity index (χ1v) is 9.00. The van der Waals surface area contributed by atoms with Gasteiger partial charge in [0.05, 0.1) is 23.1 Å². The van der Waals surface area contributed by atoms with E-state index >= 15 is 0 Å². The summed E-state index contributed by atoms with van der Waals surface area (Å²) in [5.41, 5.74) is 1.72. The summed E-state index contributed by atoms with van der Waals surface area (Å²) in [6, 6.07) is 7.83. The first-order chi connectivity index (χ1) is 12.5. The fraction of sp³-hybridized carbons (Fsp3) is 0.474. The SMILES string of the molecule is CN(C)C(=O)CN1C(=O)[C@H]2CC[C@@H]1CN(c1cnc3ccccc3n1)C2. The molecule has 1 aromatic heterocycles. The van der Waals surface area contributed by atoms with Crippen LogP contribution in [0.1, 0.15) is 12.8 Å². The minimum absolute atomic E-state index is 0.0389. The van der Waals surface area contributed by atoms with E-state index in [-0.39, 0.29) is 30.3 Å². The fourth-order valence-corrected chi connectivity index (χ4v) is 3.82. The van der Waals surface area contributed by atoms with Crippen molar-refractivity contribution in [1.82, 2.24) is 19.8 Å². The Kier molecular flexibility index (Phi) is 4.22. The maximum atomic E-state index is 12.8. The number of hydrogen-bond acceptors (Lipinski definition) is 5. The summed E-state index contributed by atoms with van der Waals surface area (Å²) in [5, 5.41) is 0. The molecule has 0 unspecified atom stereocenters. The van der Waals surface area contributed by atoms with E-state index in [1.807, 2.05) is 24.3 Å². The molecule has 26 heavy (non-hydrogen) atoms. The smallest absolute Gasteiger partial charge is 0.241 e. The molecule has 5 rings (SSSR count). The molecule has 7 nitrogen and oxygen atoms in total. The molecule has 4 heterocycles. The second-order valence-corrected chi connectivity index (χ2v) is 7.30. The number of benzene rings is 1. The molecule has 3 fully saturated rings. The Balaban J connectivity index is 1.60. The van der Waals surface area contributed by atoms with Gasteiger partial charge in [0.25, 0.3) is 0 Å². The van der Waals surface area contributed by atoms with Gasteiger partial charge in [-0.15, -0.1) is 0 Å². The first-order valence-electron chi connectivity index (χ1n) is 9.00. The molecule has 0 aliphatic carbocycles. The number of aromatic nitrogens is 2. The molecule has 2 amide bonds. The van der Waals surface area contributed by atoms with Crippen LogP contribution in [-0.2, 0) is 9.59 Å². The molecule has 0 radical (unpaired) electrons. The molecular formula is C19H23N5O2. The van der Waals surface area contributed by atoms with Crippen molar-refractivity contribution in [3.05, 3.63) is 30.5 Å². The molecule has 2 aromatic rings. The highest BCUT2D eigenvalue weighted by Crippen LogP contribution is 2.31. The van der Waals surface area contributed by atoms with E-state index in [4.69, 9.17) is 4.98 Å². The van der Waals surface area contributed by atoms with Gasteiger partial charge >= 0.3 is 0 Å². The van der Waals surface area contributed by atoms with Gasteiger partial charge < -0.3 is 14.7 Å². The molecule has 136 valence electrons. The Labute approximate surface area is 152 Å². The van der Waals surface area contributed by atoms with Gasteiger partial charge in [-0.3, -0.25) is 14.6 Å². The number of amides is 2. The van der Waals surface area contributed by atoms with Crippen molar-refractivity contribution in [3.63, 3.8) is 0 Å². The average molecular weight is 353 g/mol. The van der Waals surface area contributed by atoms with Crippen LogP contribution in [0.25, 0.3) is 11.0 Å². The summed E-state index contributed by atoms with van der Waals surface area (Å²) in [6.07, 6.45) is 3.58. The number of hydrogen-bond donors (Lipinski definition) is 0. The lowest BCUT2D eigenvalue weighted by Crippen LogP contribution is -2.51. The zero-order valence-corrected chi connectivity index (χ0v) is 15.1. The second kappa shape index (κ2) is 6.55. The quantitative estimate of drug-likeness (QED) is 0.828. The van der Waals surface area contributed by atoms with Crippen LogP contribution in [0.3, 0.4) is 0 Å². The van der Waals surface area contributed by atoms with Crippen LogP contribution in [0.2, 0.25) is 0 Å². The number of para-hydroxylation sites is 2. The summed E-state index contributed by atoms with van der Waals surface area (Å²) >= 11 is 0. The van der Waals surface area contributed by atoms with Crippen LogP contribution >= 0.6 is 0 Å². The van der Waals surface area contributed by atoms with E-state index in [1.165, 1.54) is 0 Å². The number of likely N-dealkylation sites (N-methyl/N-ethyl adjacent to an activating group) is 1. The third kappa shape index (κ3) is 2.98. The summed E-state index contributed by atoms with van der Waals surface area (Å²) in [5.74, 6) is 0.766. The van der Waals surface area contributed by atoms with Crippen molar-refractivity contribution in [1.29, 1.82) is 0 Å². The number of rotatable bonds is 3. The van der Waals surface area contributed by atoms with E-state index in [0.717, 1.165) is 29.7 Å². The van der Waals surface area contributed by atoms with E-state index in [2.05, 4.69) is 9.88 Å². The molecule has 2 atom stereocenters. The molecule has 0 N–H and O–H groups in total. The third-order valence-electron chi connectivity index (χ3n) is 5.36. The van der Waals surface area contributed by atoms with Crippen molar-refractivity contribution >= 4 is 28.7 Å². The molecule has 3 aliphatic heterocycles. The predicted molar refractivity (Wildman–Crippen MR) is 98.7 cm³/mol. The average Bonchev–Trinajstić information content (AvgIpc) is 2.94. The lowest BCUT2D eigenvalue weighted by molar-refractivity contribution is -0.145. The van der Waals surface area contributed by atoms with Crippen LogP contribution in [0.4, 0.5) is 5.82 Å². The van der Waals surface area contributed by atoms with Crippen molar-refractivity contribution < 1.29 is 9.59 Å². The topological polar surface area (TPSA) is 69.6 Å². The fourth-order valence-electron chi connectivity index (χ4n) is 3.82. The van der Waals surface area contributed by atoms with E-state index in [9.17, 15) is 9.59 Å². The Morgan fingerprint density at radius 1 is 1.19 bits per heavy atom. The zero-order valence-electron chi connectivity index (χ0n) is 15.1. The molecule has 3 aliphatic rings. The van der Waals surface area contributed by atoms with Crippen molar-refractivity contribution in [2.24, 2.45) is 5.92 Å². The summed E-state index contributed by atoms with van der Waals surface area (Å²) in [4.78, 5) is 39.7. The largest absolute Gasteiger partial charge is 0.352 e. The maximum absolute atomic E-state index is 12.8. The van der Waals surface area contributed by atoms with Crippen LogP contribution in [0.15, 0.2) is 30.5 Å². The Morgan fingerprint density at radius 2 is 1.96 bits per heavy atom. The van der Waals surface area contributed by atoms with Crippen LogP contribution < -0.4 is 4.90 Å². The highest BCUT2D eigenvalue weighted by molar-refractivity contribution is 5.87. The van der Waals surface area contributed by atoms with Gasteiger partial charge in [0.2, 0.25) is 11.8 Å². The monoisotopic (exact) mass is 353 g/mol. The number of nitrogens with zero attached hydrogens (tertiary/aromatic N) is 5. The molecule has 1 aromatic carbocycles. The normalized spacial score (nSPS) is 22.6. The van der Waals surface area contributed by atoms with E-state index in [0.29, 0.717) is 13.1 Å². The zero-order chi connectivity index (χ0) is 18.3. The Bertz CT molecular complexity index is 853. The van der Waals surface area contributed by atoms with Gasteiger partial charge in [-0.2, -0.15) is 0 Å². The lowest BCUT2D eigenvalue weighted by atomic mass is 9.94. The Hall–Kier alpha value is -2.70.